The number of hydrogen-bond donors (Lipinski definition) is 1. The summed E-state index contributed by atoms with van der Waals surface area (Å²) >= 11 is 0. The molecule has 104 valence electrons. The average Bonchev–Trinajstić information content (AvgIpc) is 2.39. The van der Waals surface area contributed by atoms with Gasteiger partial charge in [-0.3, -0.25) is 14.9 Å². The molecule has 6 nitrogen and oxygen atoms in total. The van der Waals surface area contributed by atoms with Crippen molar-refractivity contribution >= 4 is 11.6 Å². The third-order valence-corrected chi connectivity index (χ3v) is 2.68. The number of nitrogens with two attached hydrogens (primary N) is 1. The van der Waals surface area contributed by atoms with Crippen molar-refractivity contribution in [3.63, 3.8) is 0 Å². The van der Waals surface area contributed by atoms with E-state index >= 15 is 0 Å². The Kier molecular flexibility index (Phi) is 5.33. The lowest BCUT2D eigenvalue weighted by atomic mass is 10.1. The number of nitro groups is 1. The summed E-state index contributed by atoms with van der Waals surface area (Å²) in [6, 6.07) is 9.76. The number of primary amides is 1. The molecule has 2 aromatic rings. The second kappa shape index (κ2) is 6.76. The topological polar surface area (TPSA) is 90.1 Å². The quantitative estimate of drug-likeness (QED) is 0.399. The summed E-state index contributed by atoms with van der Waals surface area (Å²) in [5.41, 5.74) is 6.18. The summed E-state index contributed by atoms with van der Waals surface area (Å²) in [5, 5.41) is 10.9. The van der Waals surface area contributed by atoms with Gasteiger partial charge in [-0.05, 0) is 12.1 Å². The van der Waals surface area contributed by atoms with Crippen LogP contribution in [0.15, 0.2) is 48.8 Å². The zero-order chi connectivity index (χ0) is 13.8. The summed E-state index contributed by atoms with van der Waals surface area (Å²) in [6.07, 6.45) is 3.29. The van der Waals surface area contributed by atoms with E-state index in [0.29, 0.717) is 17.7 Å². The number of nitrogens with zero attached hydrogens (tertiary/aromatic N) is 2. The monoisotopic (exact) mass is 337 g/mol. The number of hydrogen-bond acceptors (Lipinski definition) is 3. The van der Waals surface area contributed by atoms with E-state index in [2.05, 4.69) is 0 Å². The van der Waals surface area contributed by atoms with E-state index in [1.165, 1.54) is 6.07 Å². The van der Waals surface area contributed by atoms with Crippen LogP contribution in [0.4, 0.5) is 5.69 Å². The summed E-state index contributed by atoms with van der Waals surface area (Å²) in [6.45, 7) is 0.304. The molecule has 0 spiro atoms. The highest BCUT2D eigenvalue weighted by molar-refractivity contribution is 5.92. The fourth-order valence-corrected chi connectivity index (χ4v) is 1.79. The molecule has 7 heteroatoms. The van der Waals surface area contributed by atoms with Gasteiger partial charge in [-0.25, -0.2) is 0 Å². The zero-order valence-corrected chi connectivity index (χ0v) is 12.0. The highest BCUT2D eigenvalue weighted by atomic mass is 79.9. The van der Waals surface area contributed by atoms with Crippen LogP contribution >= 0.6 is 0 Å². The molecule has 0 aliphatic carbocycles. The molecule has 1 amide bonds. The van der Waals surface area contributed by atoms with Gasteiger partial charge in [0.05, 0.1) is 10.5 Å². The highest BCUT2D eigenvalue weighted by Crippen LogP contribution is 2.16. The number of carbonyl (C=O) groups is 1. The van der Waals surface area contributed by atoms with E-state index in [4.69, 9.17) is 5.73 Å². The number of halogens is 1. The van der Waals surface area contributed by atoms with Gasteiger partial charge in [0.2, 0.25) is 0 Å². The van der Waals surface area contributed by atoms with E-state index in [9.17, 15) is 14.9 Å². The number of aromatic nitrogens is 1. The lowest BCUT2D eigenvalue weighted by Gasteiger charge is -2.00. The lowest BCUT2D eigenvalue weighted by Crippen LogP contribution is -3.00. The number of benzene rings is 1. The molecule has 0 bridgehead atoms. The Balaban J connectivity index is 0.00000200. The van der Waals surface area contributed by atoms with Crippen LogP contribution in [0.5, 0.6) is 0 Å². The van der Waals surface area contributed by atoms with Crippen molar-refractivity contribution in [1.82, 2.24) is 0 Å². The van der Waals surface area contributed by atoms with Crippen molar-refractivity contribution in [2.75, 3.05) is 0 Å². The number of pyridine rings is 1. The molecule has 1 heterocycles. The maximum Gasteiger partial charge on any atom is 0.278 e. The summed E-state index contributed by atoms with van der Waals surface area (Å²) in [7, 11) is 0. The van der Waals surface area contributed by atoms with Gasteiger partial charge in [0.15, 0.2) is 18.9 Å². The second-order valence-electron chi connectivity index (χ2n) is 4.02. The van der Waals surface area contributed by atoms with Gasteiger partial charge in [-0.1, -0.05) is 12.1 Å². The fraction of sp³-hybridized carbons (Fsp3) is 0.0769. The van der Waals surface area contributed by atoms with Crippen molar-refractivity contribution < 1.29 is 31.3 Å². The summed E-state index contributed by atoms with van der Waals surface area (Å²) in [4.78, 5) is 21.6. The van der Waals surface area contributed by atoms with Crippen LogP contribution in [0.1, 0.15) is 15.9 Å². The minimum Gasteiger partial charge on any atom is -1.00 e. The Hall–Kier alpha value is -2.28. The van der Waals surface area contributed by atoms with Gasteiger partial charge >= 0.3 is 0 Å². The lowest BCUT2D eigenvalue weighted by molar-refractivity contribution is -0.688. The van der Waals surface area contributed by atoms with Crippen LogP contribution in [0, 0.1) is 10.1 Å². The Labute approximate surface area is 125 Å². The normalized spacial score (nSPS) is 9.60. The van der Waals surface area contributed by atoms with Crippen molar-refractivity contribution in [3.8, 4) is 0 Å². The van der Waals surface area contributed by atoms with E-state index in [0.717, 1.165) is 0 Å². The van der Waals surface area contributed by atoms with Crippen LogP contribution < -0.4 is 27.3 Å². The molecule has 0 aliphatic heterocycles. The van der Waals surface area contributed by atoms with Crippen molar-refractivity contribution in [1.29, 1.82) is 0 Å². The Bertz CT molecular complexity index is 646. The van der Waals surface area contributed by atoms with Crippen LogP contribution in [0.3, 0.4) is 0 Å². The maximum absolute atomic E-state index is 11.1. The fourth-order valence-electron chi connectivity index (χ4n) is 1.79. The van der Waals surface area contributed by atoms with E-state index < -0.39 is 10.8 Å². The predicted molar refractivity (Wildman–Crippen MR) is 67.4 cm³/mol. The van der Waals surface area contributed by atoms with E-state index in [-0.39, 0.29) is 22.7 Å². The molecule has 0 atom stereocenters. The van der Waals surface area contributed by atoms with Crippen LogP contribution in [0.2, 0.25) is 0 Å². The molecule has 0 aliphatic rings. The van der Waals surface area contributed by atoms with Crippen molar-refractivity contribution in [2.45, 2.75) is 6.54 Å². The molecular weight excluding hydrogens is 326 g/mol. The molecule has 0 unspecified atom stereocenters. The minimum absolute atomic E-state index is 0. The van der Waals surface area contributed by atoms with E-state index in [1.54, 1.807) is 47.3 Å². The first-order valence-electron chi connectivity index (χ1n) is 5.59. The molecule has 2 rings (SSSR count). The Morgan fingerprint density at radius 2 is 1.95 bits per heavy atom. The number of carbonyl (C=O) groups excluding carboxylic acids is 1. The molecule has 0 fully saturated rings. The third-order valence-electron chi connectivity index (χ3n) is 2.68. The SMILES string of the molecule is NC(=O)c1ccc[n+](Cc2ccccc2[N+](=O)[O-])c1.[Br-]. The molecule has 2 N–H and O–H groups in total. The second-order valence-corrected chi connectivity index (χ2v) is 4.02. The van der Waals surface area contributed by atoms with Crippen molar-refractivity contribution in [3.05, 3.63) is 70.0 Å². The number of rotatable bonds is 4. The van der Waals surface area contributed by atoms with Gasteiger partial charge in [0, 0.05) is 12.1 Å². The largest absolute Gasteiger partial charge is 1.00 e. The minimum atomic E-state index is -0.531. The third kappa shape index (κ3) is 3.61. The first kappa shape index (κ1) is 15.8. The zero-order valence-electron chi connectivity index (χ0n) is 10.4. The number of amides is 1. The van der Waals surface area contributed by atoms with Crippen molar-refractivity contribution in [2.24, 2.45) is 5.73 Å². The van der Waals surface area contributed by atoms with Gasteiger partial charge in [-0.15, -0.1) is 0 Å². The van der Waals surface area contributed by atoms with E-state index in [1.807, 2.05) is 0 Å². The maximum atomic E-state index is 11.1. The molecule has 0 radical (unpaired) electrons. The van der Waals surface area contributed by atoms with Crippen LogP contribution in [-0.2, 0) is 6.54 Å². The van der Waals surface area contributed by atoms with Crippen LogP contribution in [-0.4, -0.2) is 10.8 Å². The van der Waals surface area contributed by atoms with Crippen LogP contribution in [0.25, 0.3) is 0 Å². The molecule has 0 saturated carbocycles. The first-order chi connectivity index (χ1) is 9.08. The summed E-state index contributed by atoms with van der Waals surface area (Å²) < 4.78 is 1.68. The van der Waals surface area contributed by atoms with Gasteiger partial charge in [0.25, 0.3) is 11.6 Å². The molecular formula is C13H12BrN3O3. The van der Waals surface area contributed by atoms with Gasteiger partial charge < -0.3 is 22.7 Å². The highest BCUT2D eigenvalue weighted by Gasteiger charge is 2.16. The van der Waals surface area contributed by atoms with Gasteiger partial charge in [0.1, 0.15) is 5.56 Å². The molecule has 0 saturated heterocycles. The average molecular weight is 338 g/mol. The number of nitro benzene ring substituents is 1. The Morgan fingerprint density at radius 1 is 1.25 bits per heavy atom. The molecule has 1 aromatic carbocycles. The molecule has 20 heavy (non-hydrogen) atoms. The number of para-hydroxylation sites is 1. The molecule has 1 aromatic heterocycles. The smallest absolute Gasteiger partial charge is 0.278 e. The standard InChI is InChI=1S/C13H11N3O3.BrH/c14-13(17)11-5-3-7-15(9-11)8-10-4-1-2-6-12(10)16(18)19;/h1-7,9H,8H2,(H-,14,17);1H. The van der Waals surface area contributed by atoms with Gasteiger partial charge in [-0.2, -0.15) is 4.57 Å². The summed E-state index contributed by atoms with van der Waals surface area (Å²) in [5.74, 6) is -0.531. The Morgan fingerprint density at radius 3 is 2.60 bits per heavy atom. The first-order valence-corrected chi connectivity index (χ1v) is 5.59. The predicted octanol–water partition coefficient (Wildman–Crippen LogP) is -1.97.